The van der Waals surface area contributed by atoms with Gasteiger partial charge in [-0.05, 0) is 53.9 Å². The van der Waals surface area contributed by atoms with E-state index in [1.807, 2.05) is 35.2 Å². The standard InChI is InChI=1S/C30H41N3O2/c1-30(2,3)26-15-13-25(14-16-26)29(35)33-21-19-32(20-22-33)27(24-11-7-8-12-24)28(34)31-18-17-23-9-5-4-6-10-23/h4-6,9-10,13-16,24,27H,7-8,11-12,17-22H2,1-3H3,(H,31,34)/t27-/m0/s1. The van der Waals surface area contributed by atoms with Crippen LogP contribution in [-0.2, 0) is 16.6 Å². The van der Waals surface area contributed by atoms with Crippen molar-refractivity contribution in [2.75, 3.05) is 32.7 Å². The number of piperazine rings is 1. The minimum atomic E-state index is -0.0865. The fourth-order valence-corrected chi connectivity index (χ4v) is 5.53. The predicted molar refractivity (Wildman–Crippen MR) is 142 cm³/mol. The predicted octanol–water partition coefficient (Wildman–Crippen LogP) is 4.66. The van der Waals surface area contributed by atoms with Gasteiger partial charge in [0.25, 0.3) is 5.91 Å². The number of hydrogen-bond acceptors (Lipinski definition) is 3. The van der Waals surface area contributed by atoms with Crippen molar-refractivity contribution in [1.29, 1.82) is 0 Å². The Morgan fingerprint density at radius 1 is 0.914 bits per heavy atom. The quantitative estimate of drug-likeness (QED) is 0.634. The molecule has 0 unspecified atom stereocenters. The molecule has 1 saturated heterocycles. The van der Waals surface area contributed by atoms with Crippen LogP contribution in [0.1, 0.15) is 67.9 Å². The summed E-state index contributed by atoms with van der Waals surface area (Å²) in [6, 6.07) is 18.3. The second-order valence-electron chi connectivity index (χ2n) is 11.2. The van der Waals surface area contributed by atoms with Gasteiger partial charge in [-0.1, -0.05) is 76.1 Å². The fraction of sp³-hybridized carbons (Fsp3) is 0.533. The summed E-state index contributed by atoms with van der Waals surface area (Å²) in [4.78, 5) is 30.7. The van der Waals surface area contributed by atoms with Crippen LogP contribution >= 0.6 is 0 Å². The van der Waals surface area contributed by atoms with E-state index >= 15 is 0 Å². The minimum absolute atomic E-state index is 0.0735. The van der Waals surface area contributed by atoms with E-state index in [-0.39, 0.29) is 23.3 Å². The first-order chi connectivity index (χ1) is 16.8. The third-order valence-corrected chi connectivity index (χ3v) is 7.66. The van der Waals surface area contributed by atoms with Crippen LogP contribution < -0.4 is 5.32 Å². The number of nitrogens with one attached hydrogen (secondary N) is 1. The Labute approximate surface area is 210 Å². The van der Waals surface area contributed by atoms with Crippen molar-refractivity contribution in [1.82, 2.24) is 15.1 Å². The summed E-state index contributed by atoms with van der Waals surface area (Å²) >= 11 is 0. The van der Waals surface area contributed by atoms with Crippen molar-refractivity contribution in [2.24, 2.45) is 5.92 Å². The lowest BCUT2D eigenvalue weighted by Gasteiger charge is -2.40. The molecule has 2 aliphatic rings. The van der Waals surface area contributed by atoms with Gasteiger partial charge in [0.05, 0.1) is 6.04 Å². The highest BCUT2D eigenvalue weighted by Gasteiger charge is 2.37. The third-order valence-electron chi connectivity index (χ3n) is 7.66. The van der Waals surface area contributed by atoms with Crippen molar-refractivity contribution in [2.45, 2.75) is 64.3 Å². The molecule has 1 N–H and O–H groups in total. The zero-order valence-electron chi connectivity index (χ0n) is 21.6. The van der Waals surface area contributed by atoms with Crippen molar-refractivity contribution < 1.29 is 9.59 Å². The lowest BCUT2D eigenvalue weighted by molar-refractivity contribution is -0.129. The molecule has 2 amide bonds. The summed E-state index contributed by atoms with van der Waals surface area (Å²) in [5, 5.41) is 3.22. The first-order valence-corrected chi connectivity index (χ1v) is 13.3. The Morgan fingerprint density at radius 2 is 1.54 bits per heavy atom. The largest absolute Gasteiger partial charge is 0.354 e. The topological polar surface area (TPSA) is 52.7 Å². The van der Waals surface area contributed by atoms with Crippen LogP contribution in [0.5, 0.6) is 0 Å². The van der Waals surface area contributed by atoms with Crippen LogP contribution in [0.25, 0.3) is 0 Å². The summed E-state index contributed by atoms with van der Waals surface area (Å²) in [6.45, 7) is 10.0. The highest BCUT2D eigenvalue weighted by atomic mass is 16.2. The second-order valence-corrected chi connectivity index (χ2v) is 11.2. The highest BCUT2D eigenvalue weighted by Crippen LogP contribution is 2.31. The molecule has 0 aromatic heterocycles. The number of carbonyl (C=O) groups is 2. The van der Waals surface area contributed by atoms with Crippen molar-refractivity contribution in [3.63, 3.8) is 0 Å². The number of benzene rings is 2. The Morgan fingerprint density at radius 3 is 2.14 bits per heavy atom. The molecule has 2 fully saturated rings. The molecule has 1 atom stereocenters. The molecule has 2 aromatic rings. The van der Waals surface area contributed by atoms with Crippen LogP contribution in [0.2, 0.25) is 0 Å². The SMILES string of the molecule is CC(C)(C)c1ccc(C(=O)N2CCN([C@H](C(=O)NCCc3ccccc3)C3CCCC3)CC2)cc1. The Kier molecular flexibility index (Phi) is 8.27. The van der Waals surface area contributed by atoms with Crippen LogP contribution in [0, 0.1) is 5.92 Å². The monoisotopic (exact) mass is 475 g/mol. The molecular weight excluding hydrogens is 434 g/mol. The Hall–Kier alpha value is -2.66. The van der Waals surface area contributed by atoms with Gasteiger partial charge in [-0.15, -0.1) is 0 Å². The first-order valence-electron chi connectivity index (χ1n) is 13.3. The lowest BCUT2D eigenvalue weighted by Crippen LogP contribution is -2.58. The molecule has 0 spiro atoms. The molecule has 4 rings (SSSR count). The highest BCUT2D eigenvalue weighted by molar-refractivity contribution is 5.94. The molecule has 1 heterocycles. The van der Waals surface area contributed by atoms with E-state index < -0.39 is 0 Å². The van der Waals surface area contributed by atoms with Gasteiger partial charge in [0.2, 0.25) is 5.91 Å². The average molecular weight is 476 g/mol. The Balaban J connectivity index is 1.34. The van der Waals surface area contributed by atoms with Crippen molar-refractivity contribution >= 4 is 11.8 Å². The van der Waals surface area contributed by atoms with E-state index in [0.717, 1.165) is 37.9 Å². The van der Waals surface area contributed by atoms with Crippen molar-refractivity contribution in [3.8, 4) is 0 Å². The van der Waals surface area contributed by atoms with Crippen LogP contribution in [0.15, 0.2) is 54.6 Å². The second kappa shape index (κ2) is 11.4. The van der Waals surface area contributed by atoms with E-state index in [9.17, 15) is 9.59 Å². The molecular formula is C30H41N3O2. The molecule has 1 aliphatic carbocycles. The number of rotatable bonds is 7. The summed E-state index contributed by atoms with van der Waals surface area (Å²) in [5.74, 6) is 0.666. The first kappa shape index (κ1) is 25.4. The van der Waals surface area contributed by atoms with E-state index in [1.165, 1.54) is 24.0 Å². The summed E-state index contributed by atoms with van der Waals surface area (Å²) < 4.78 is 0. The molecule has 5 heteroatoms. The van der Waals surface area contributed by atoms with E-state index in [2.05, 4.69) is 55.3 Å². The van der Waals surface area contributed by atoms with Gasteiger partial charge in [-0.3, -0.25) is 14.5 Å². The molecule has 35 heavy (non-hydrogen) atoms. The molecule has 0 radical (unpaired) electrons. The minimum Gasteiger partial charge on any atom is -0.354 e. The lowest BCUT2D eigenvalue weighted by atomic mass is 9.86. The normalized spacial score (nSPS) is 18.4. The summed E-state index contributed by atoms with van der Waals surface area (Å²) in [6.07, 6.45) is 5.51. The van der Waals surface area contributed by atoms with Gasteiger partial charge in [-0.25, -0.2) is 0 Å². The molecule has 1 saturated carbocycles. The van der Waals surface area contributed by atoms with E-state index in [1.54, 1.807) is 0 Å². The number of hydrogen-bond donors (Lipinski definition) is 1. The average Bonchev–Trinajstić information content (AvgIpc) is 3.39. The third kappa shape index (κ3) is 6.52. The van der Waals surface area contributed by atoms with Crippen molar-refractivity contribution in [3.05, 3.63) is 71.3 Å². The maximum absolute atomic E-state index is 13.3. The Bertz CT molecular complexity index is 967. The van der Waals surface area contributed by atoms with Gasteiger partial charge in [-0.2, -0.15) is 0 Å². The number of carbonyl (C=O) groups excluding carboxylic acids is 2. The molecule has 5 nitrogen and oxygen atoms in total. The maximum atomic E-state index is 13.3. The zero-order chi connectivity index (χ0) is 24.8. The molecule has 0 bridgehead atoms. The zero-order valence-corrected chi connectivity index (χ0v) is 21.6. The number of nitrogens with zero attached hydrogens (tertiary/aromatic N) is 2. The number of amides is 2. The van der Waals surface area contributed by atoms with Gasteiger partial charge >= 0.3 is 0 Å². The molecule has 188 valence electrons. The van der Waals surface area contributed by atoms with Gasteiger partial charge in [0.1, 0.15) is 0 Å². The maximum Gasteiger partial charge on any atom is 0.253 e. The molecule has 2 aromatic carbocycles. The van der Waals surface area contributed by atoms with Gasteiger partial charge in [0.15, 0.2) is 0 Å². The summed E-state index contributed by atoms with van der Waals surface area (Å²) in [7, 11) is 0. The van der Waals surface area contributed by atoms with Crippen LogP contribution in [0.3, 0.4) is 0 Å². The summed E-state index contributed by atoms with van der Waals surface area (Å²) in [5.41, 5.74) is 3.30. The van der Waals surface area contributed by atoms with E-state index in [4.69, 9.17) is 0 Å². The van der Waals surface area contributed by atoms with Gasteiger partial charge in [0, 0.05) is 38.3 Å². The fourth-order valence-electron chi connectivity index (χ4n) is 5.53. The van der Waals surface area contributed by atoms with Crippen LogP contribution in [0.4, 0.5) is 0 Å². The van der Waals surface area contributed by atoms with E-state index in [0.29, 0.717) is 25.6 Å². The smallest absolute Gasteiger partial charge is 0.253 e. The van der Waals surface area contributed by atoms with Gasteiger partial charge < -0.3 is 10.2 Å². The van der Waals surface area contributed by atoms with Crippen LogP contribution in [-0.4, -0.2) is 60.4 Å². The molecule has 1 aliphatic heterocycles.